The zero-order chi connectivity index (χ0) is 18.1. The van der Waals surface area contributed by atoms with Gasteiger partial charge >= 0.3 is 0 Å². The van der Waals surface area contributed by atoms with Gasteiger partial charge in [-0.25, -0.2) is 0 Å². The second kappa shape index (κ2) is 6.71. The molecular formula is C22H21NO3. The molecule has 0 saturated heterocycles. The van der Waals surface area contributed by atoms with Crippen LogP contribution in [0.25, 0.3) is 11.3 Å². The minimum Gasteiger partial charge on any atom is -0.497 e. The van der Waals surface area contributed by atoms with Crippen LogP contribution in [-0.2, 0) is 13.0 Å². The summed E-state index contributed by atoms with van der Waals surface area (Å²) in [7, 11) is 1.67. The Morgan fingerprint density at radius 3 is 2.54 bits per heavy atom. The standard InChI is InChI=1S/C22H21NO3/c1-15-3-10-21(26-15)16-4-6-17(7-5-16)22(24)23-12-11-18-13-20(25-2)9-8-19(18)14-23/h3-10,13H,11-12,14H2,1-2H3. The van der Waals surface area contributed by atoms with Gasteiger partial charge in [-0.2, -0.15) is 0 Å². The van der Waals surface area contributed by atoms with E-state index >= 15 is 0 Å². The zero-order valence-corrected chi connectivity index (χ0v) is 15.0. The Hall–Kier alpha value is -3.01. The molecule has 4 heteroatoms. The van der Waals surface area contributed by atoms with Crippen molar-refractivity contribution in [2.24, 2.45) is 0 Å². The molecule has 4 rings (SSSR count). The molecule has 132 valence electrons. The van der Waals surface area contributed by atoms with Crippen molar-refractivity contribution in [2.75, 3.05) is 13.7 Å². The lowest BCUT2D eigenvalue weighted by atomic mass is 9.98. The molecular weight excluding hydrogens is 326 g/mol. The van der Waals surface area contributed by atoms with Crippen molar-refractivity contribution in [2.45, 2.75) is 19.9 Å². The minimum atomic E-state index is 0.0636. The molecule has 26 heavy (non-hydrogen) atoms. The predicted molar refractivity (Wildman–Crippen MR) is 100 cm³/mol. The number of rotatable bonds is 3. The summed E-state index contributed by atoms with van der Waals surface area (Å²) >= 11 is 0. The molecule has 0 radical (unpaired) electrons. The van der Waals surface area contributed by atoms with Crippen molar-refractivity contribution in [1.82, 2.24) is 4.90 Å². The smallest absolute Gasteiger partial charge is 0.254 e. The van der Waals surface area contributed by atoms with Gasteiger partial charge in [-0.1, -0.05) is 18.2 Å². The minimum absolute atomic E-state index is 0.0636. The number of methoxy groups -OCH3 is 1. The van der Waals surface area contributed by atoms with Gasteiger partial charge in [0.05, 0.1) is 7.11 Å². The number of nitrogens with zero attached hydrogens (tertiary/aromatic N) is 1. The summed E-state index contributed by atoms with van der Waals surface area (Å²) in [5, 5.41) is 0. The first-order valence-corrected chi connectivity index (χ1v) is 8.76. The summed E-state index contributed by atoms with van der Waals surface area (Å²) in [4.78, 5) is 14.8. The molecule has 2 heterocycles. The summed E-state index contributed by atoms with van der Waals surface area (Å²) in [6.45, 7) is 3.28. The lowest BCUT2D eigenvalue weighted by Gasteiger charge is -2.29. The lowest BCUT2D eigenvalue weighted by Crippen LogP contribution is -2.35. The van der Waals surface area contributed by atoms with Crippen molar-refractivity contribution >= 4 is 5.91 Å². The van der Waals surface area contributed by atoms with E-state index in [9.17, 15) is 4.79 Å². The monoisotopic (exact) mass is 347 g/mol. The highest BCUT2D eigenvalue weighted by Crippen LogP contribution is 2.26. The van der Waals surface area contributed by atoms with Crippen molar-refractivity contribution in [3.05, 3.63) is 77.0 Å². The number of carbonyl (C=O) groups excluding carboxylic acids is 1. The molecule has 1 aliphatic heterocycles. The lowest BCUT2D eigenvalue weighted by molar-refractivity contribution is 0.0734. The Bertz CT molecular complexity index is 940. The number of carbonyl (C=O) groups is 1. The van der Waals surface area contributed by atoms with Gasteiger partial charge in [-0.05, 0) is 60.9 Å². The Balaban J connectivity index is 1.51. The van der Waals surface area contributed by atoms with Gasteiger partial charge < -0.3 is 14.1 Å². The highest BCUT2D eigenvalue weighted by atomic mass is 16.5. The highest BCUT2D eigenvalue weighted by molar-refractivity contribution is 5.94. The second-order valence-electron chi connectivity index (χ2n) is 6.60. The number of benzene rings is 2. The molecule has 1 amide bonds. The van der Waals surface area contributed by atoms with E-state index in [0.717, 1.165) is 35.8 Å². The van der Waals surface area contributed by atoms with Gasteiger partial charge in [-0.15, -0.1) is 0 Å². The number of furan rings is 1. The summed E-state index contributed by atoms with van der Waals surface area (Å²) in [5.41, 5.74) is 4.13. The quantitative estimate of drug-likeness (QED) is 0.702. The number of ether oxygens (including phenoxy) is 1. The van der Waals surface area contributed by atoms with Crippen LogP contribution in [0.2, 0.25) is 0 Å². The average Bonchev–Trinajstić information content (AvgIpc) is 3.13. The normalized spacial score (nSPS) is 13.4. The Morgan fingerprint density at radius 2 is 1.85 bits per heavy atom. The van der Waals surface area contributed by atoms with Crippen LogP contribution in [0.3, 0.4) is 0 Å². The molecule has 2 aromatic carbocycles. The molecule has 3 aromatic rings. The number of hydrogen-bond donors (Lipinski definition) is 0. The maximum atomic E-state index is 12.9. The summed E-state index contributed by atoms with van der Waals surface area (Å²) in [5.74, 6) is 2.63. The molecule has 1 aliphatic rings. The number of fused-ring (bicyclic) bond motifs is 1. The summed E-state index contributed by atoms with van der Waals surface area (Å²) < 4.78 is 10.9. The molecule has 0 unspecified atom stereocenters. The maximum absolute atomic E-state index is 12.9. The molecule has 0 fully saturated rings. The molecule has 0 atom stereocenters. The fourth-order valence-corrected chi connectivity index (χ4v) is 3.38. The van der Waals surface area contributed by atoms with E-state index in [1.807, 2.05) is 54.3 Å². The SMILES string of the molecule is COc1ccc2c(c1)CCN(C(=O)c1ccc(-c3ccc(C)o3)cc1)C2. The van der Waals surface area contributed by atoms with Crippen LogP contribution in [0.1, 0.15) is 27.2 Å². The first kappa shape index (κ1) is 16.5. The van der Waals surface area contributed by atoms with Gasteiger partial charge in [0.25, 0.3) is 5.91 Å². The van der Waals surface area contributed by atoms with E-state index < -0.39 is 0 Å². The molecule has 0 bridgehead atoms. The zero-order valence-electron chi connectivity index (χ0n) is 15.0. The Kier molecular flexibility index (Phi) is 4.25. The van der Waals surface area contributed by atoms with Crippen molar-refractivity contribution in [1.29, 1.82) is 0 Å². The predicted octanol–water partition coefficient (Wildman–Crippen LogP) is 4.46. The van der Waals surface area contributed by atoms with Gasteiger partial charge in [0.1, 0.15) is 17.3 Å². The fraction of sp³-hybridized carbons (Fsp3) is 0.227. The largest absolute Gasteiger partial charge is 0.497 e. The van der Waals surface area contributed by atoms with Crippen LogP contribution in [0.5, 0.6) is 5.75 Å². The fourth-order valence-electron chi connectivity index (χ4n) is 3.38. The van der Waals surface area contributed by atoms with Crippen molar-refractivity contribution in [3.8, 4) is 17.1 Å². The van der Waals surface area contributed by atoms with Gasteiger partial charge in [0.15, 0.2) is 0 Å². The van der Waals surface area contributed by atoms with Crippen LogP contribution >= 0.6 is 0 Å². The molecule has 0 spiro atoms. The van der Waals surface area contributed by atoms with E-state index in [1.54, 1.807) is 7.11 Å². The average molecular weight is 347 g/mol. The van der Waals surface area contributed by atoms with Crippen LogP contribution in [0, 0.1) is 6.92 Å². The van der Waals surface area contributed by atoms with Crippen LogP contribution in [-0.4, -0.2) is 24.5 Å². The van der Waals surface area contributed by atoms with Gasteiger partial charge in [0.2, 0.25) is 0 Å². The highest BCUT2D eigenvalue weighted by Gasteiger charge is 2.22. The Morgan fingerprint density at radius 1 is 1.04 bits per heavy atom. The van der Waals surface area contributed by atoms with E-state index in [4.69, 9.17) is 9.15 Å². The summed E-state index contributed by atoms with van der Waals surface area (Å²) in [6.07, 6.45) is 0.849. The van der Waals surface area contributed by atoms with E-state index in [2.05, 4.69) is 12.1 Å². The van der Waals surface area contributed by atoms with Crippen molar-refractivity contribution < 1.29 is 13.9 Å². The second-order valence-corrected chi connectivity index (χ2v) is 6.60. The Labute approximate surface area is 153 Å². The van der Waals surface area contributed by atoms with Crippen LogP contribution in [0.4, 0.5) is 0 Å². The third-order valence-corrected chi connectivity index (χ3v) is 4.87. The molecule has 4 nitrogen and oxygen atoms in total. The first-order chi connectivity index (χ1) is 12.6. The van der Waals surface area contributed by atoms with Crippen LogP contribution < -0.4 is 4.74 Å². The van der Waals surface area contributed by atoms with Gasteiger partial charge in [0, 0.05) is 24.2 Å². The molecule has 0 aliphatic carbocycles. The summed E-state index contributed by atoms with van der Waals surface area (Å²) in [6, 6.07) is 17.6. The first-order valence-electron chi connectivity index (χ1n) is 8.76. The molecule has 1 aromatic heterocycles. The number of aryl methyl sites for hydroxylation is 1. The van der Waals surface area contributed by atoms with E-state index in [1.165, 1.54) is 11.1 Å². The number of amides is 1. The van der Waals surface area contributed by atoms with Crippen LogP contribution in [0.15, 0.2) is 59.0 Å². The topological polar surface area (TPSA) is 42.7 Å². The maximum Gasteiger partial charge on any atom is 0.254 e. The molecule has 0 saturated carbocycles. The molecule has 0 N–H and O–H groups in total. The van der Waals surface area contributed by atoms with Crippen molar-refractivity contribution in [3.63, 3.8) is 0 Å². The number of hydrogen-bond acceptors (Lipinski definition) is 3. The van der Waals surface area contributed by atoms with Gasteiger partial charge in [-0.3, -0.25) is 4.79 Å². The van der Waals surface area contributed by atoms with E-state index in [0.29, 0.717) is 12.1 Å². The third-order valence-electron chi connectivity index (χ3n) is 4.87. The van der Waals surface area contributed by atoms with E-state index in [-0.39, 0.29) is 5.91 Å². The third kappa shape index (κ3) is 3.10.